The summed E-state index contributed by atoms with van der Waals surface area (Å²) < 4.78 is 12.5. The van der Waals surface area contributed by atoms with Crippen molar-refractivity contribution in [2.45, 2.75) is 31.4 Å². The maximum absolute atomic E-state index is 6.48. The minimum atomic E-state index is -0.588. The van der Waals surface area contributed by atoms with Crippen LogP contribution in [0.5, 0.6) is 0 Å². The summed E-state index contributed by atoms with van der Waals surface area (Å²) in [6.45, 7) is 4.10. The molecule has 5 rings (SSSR count). The molecule has 0 saturated heterocycles. The summed E-state index contributed by atoms with van der Waals surface area (Å²) in [5.41, 5.74) is 3.26. The second kappa shape index (κ2) is 6.89. The summed E-state index contributed by atoms with van der Waals surface area (Å²) in [5.74, 6) is 1.25. The monoisotopic (exact) mass is 382 g/mol. The van der Waals surface area contributed by atoms with Crippen LogP contribution in [0.4, 0.5) is 0 Å². The second-order valence-corrected chi connectivity index (χ2v) is 7.85. The van der Waals surface area contributed by atoms with Crippen LogP contribution in [0.2, 0.25) is 0 Å². The lowest BCUT2D eigenvalue weighted by Crippen LogP contribution is -2.30. The number of ether oxygens (including phenoxy) is 1. The van der Waals surface area contributed by atoms with Crippen molar-refractivity contribution in [2.75, 3.05) is 0 Å². The lowest BCUT2D eigenvalue weighted by Gasteiger charge is -2.23. The highest BCUT2D eigenvalue weighted by Crippen LogP contribution is 2.44. The number of nitrogens with zero attached hydrogens (tertiary/aromatic N) is 2. The van der Waals surface area contributed by atoms with Crippen LogP contribution in [-0.4, -0.2) is 10.9 Å². The molecule has 0 radical (unpaired) electrons. The number of oxazole rings is 1. The smallest absolute Gasteiger partial charge is 0.210 e. The Bertz CT molecular complexity index is 1130. The summed E-state index contributed by atoms with van der Waals surface area (Å²) in [4.78, 5) is 9.73. The van der Waals surface area contributed by atoms with E-state index < -0.39 is 5.41 Å². The first-order valence-corrected chi connectivity index (χ1v) is 9.84. The van der Waals surface area contributed by atoms with Gasteiger partial charge in [-0.15, -0.1) is 0 Å². The molecule has 4 nitrogen and oxygen atoms in total. The Morgan fingerprint density at radius 3 is 2.07 bits per heavy atom. The Morgan fingerprint density at radius 2 is 1.38 bits per heavy atom. The van der Waals surface area contributed by atoms with E-state index in [1.807, 2.05) is 74.5 Å². The molecule has 2 heterocycles. The molecule has 0 spiro atoms. The molecule has 0 saturated carbocycles. The van der Waals surface area contributed by atoms with Gasteiger partial charge in [0.2, 0.25) is 5.89 Å². The Hall–Kier alpha value is -3.40. The Labute approximate surface area is 169 Å². The number of benzene rings is 3. The lowest BCUT2D eigenvalue weighted by molar-refractivity contribution is 0.180. The fourth-order valence-electron chi connectivity index (χ4n) is 3.74. The molecule has 4 heteroatoms. The van der Waals surface area contributed by atoms with Crippen LogP contribution in [0.25, 0.3) is 11.1 Å². The van der Waals surface area contributed by atoms with E-state index in [1.54, 1.807) is 0 Å². The number of rotatable bonds is 4. The maximum Gasteiger partial charge on any atom is 0.210 e. The van der Waals surface area contributed by atoms with Crippen molar-refractivity contribution in [1.29, 1.82) is 0 Å². The highest BCUT2D eigenvalue weighted by molar-refractivity contribution is 5.89. The fourth-order valence-corrected chi connectivity index (χ4v) is 3.74. The van der Waals surface area contributed by atoms with Gasteiger partial charge in [-0.05, 0) is 37.1 Å². The topological polar surface area (TPSA) is 47.6 Å². The summed E-state index contributed by atoms with van der Waals surface area (Å²) >= 11 is 0. The van der Waals surface area contributed by atoms with Crippen LogP contribution < -0.4 is 0 Å². The lowest BCUT2D eigenvalue weighted by atomic mass is 9.93. The summed E-state index contributed by atoms with van der Waals surface area (Å²) in [5, 5.41) is 0. The molecule has 0 aliphatic carbocycles. The molecule has 1 aromatic heterocycles. The molecule has 0 N–H and O–H groups in total. The third kappa shape index (κ3) is 3.11. The Morgan fingerprint density at radius 1 is 0.759 bits per heavy atom. The van der Waals surface area contributed by atoms with Gasteiger partial charge in [0.15, 0.2) is 17.6 Å². The average Bonchev–Trinajstić information content (AvgIpc) is 3.41. The van der Waals surface area contributed by atoms with Gasteiger partial charge in [0.05, 0.1) is 0 Å². The van der Waals surface area contributed by atoms with E-state index in [4.69, 9.17) is 19.1 Å². The normalized spacial score (nSPS) is 19.2. The first-order valence-electron chi connectivity index (χ1n) is 9.84. The van der Waals surface area contributed by atoms with Crippen LogP contribution in [0.3, 0.4) is 0 Å². The molecule has 29 heavy (non-hydrogen) atoms. The van der Waals surface area contributed by atoms with Crippen LogP contribution in [0.15, 0.2) is 94.3 Å². The van der Waals surface area contributed by atoms with Crippen molar-refractivity contribution in [1.82, 2.24) is 4.98 Å². The molecule has 1 aliphatic rings. The molecule has 2 atom stereocenters. The van der Waals surface area contributed by atoms with Gasteiger partial charge in [-0.3, -0.25) is 0 Å². The van der Waals surface area contributed by atoms with E-state index in [2.05, 4.69) is 24.3 Å². The van der Waals surface area contributed by atoms with E-state index in [0.717, 1.165) is 22.2 Å². The van der Waals surface area contributed by atoms with Crippen molar-refractivity contribution in [3.8, 4) is 0 Å². The predicted molar refractivity (Wildman–Crippen MR) is 114 cm³/mol. The molecule has 0 unspecified atom stereocenters. The first-order chi connectivity index (χ1) is 14.1. The maximum atomic E-state index is 6.48. The predicted octanol–water partition coefficient (Wildman–Crippen LogP) is 6.02. The molecule has 0 bridgehead atoms. The quantitative estimate of drug-likeness (QED) is 0.434. The number of fused-ring (bicyclic) bond motifs is 1. The van der Waals surface area contributed by atoms with Crippen molar-refractivity contribution in [2.24, 2.45) is 4.99 Å². The summed E-state index contributed by atoms with van der Waals surface area (Å²) in [6, 6.07) is 28.2. The summed E-state index contributed by atoms with van der Waals surface area (Å²) in [6.07, 6.45) is -0.183. The van der Waals surface area contributed by atoms with E-state index in [-0.39, 0.29) is 12.1 Å². The van der Waals surface area contributed by atoms with Crippen molar-refractivity contribution in [3.63, 3.8) is 0 Å². The molecule has 0 fully saturated rings. The number of hydrogen-bond donors (Lipinski definition) is 0. The van der Waals surface area contributed by atoms with Gasteiger partial charge in [0.1, 0.15) is 17.0 Å². The summed E-state index contributed by atoms with van der Waals surface area (Å²) in [7, 11) is 0. The van der Waals surface area contributed by atoms with Crippen LogP contribution in [0.1, 0.15) is 43.0 Å². The largest absolute Gasteiger partial charge is 0.469 e. The molecular formula is C25H22N2O2. The minimum absolute atomic E-state index is 0.114. The Balaban J connectivity index is 1.57. The van der Waals surface area contributed by atoms with Gasteiger partial charge < -0.3 is 9.15 Å². The fraction of sp³-hybridized carbons (Fsp3) is 0.200. The molecule has 4 aromatic rings. The van der Waals surface area contributed by atoms with Crippen molar-refractivity contribution < 1.29 is 9.15 Å². The van der Waals surface area contributed by atoms with Gasteiger partial charge in [0, 0.05) is 0 Å². The SMILES string of the molecule is CC(C)(C1=N[C@H](c2ccccc2)[C@H](c2ccccc2)O1)c1nc2ccccc2o1. The molecule has 0 amide bonds. The van der Waals surface area contributed by atoms with Gasteiger partial charge in [-0.25, -0.2) is 9.98 Å². The minimum Gasteiger partial charge on any atom is -0.469 e. The Kier molecular flexibility index (Phi) is 4.20. The van der Waals surface area contributed by atoms with E-state index in [0.29, 0.717) is 11.8 Å². The van der Waals surface area contributed by atoms with Gasteiger partial charge in [0.25, 0.3) is 0 Å². The number of para-hydroxylation sites is 2. The second-order valence-electron chi connectivity index (χ2n) is 7.85. The van der Waals surface area contributed by atoms with Crippen LogP contribution in [0, 0.1) is 0 Å². The molecular weight excluding hydrogens is 360 g/mol. The van der Waals surface area contributed by atoms with Crippen LogP contribution >= 0.6 is 0 Å². The van der Waals surface area contributed by atoms with E-state index in [9.17, 15) is 0 Å². The van der Waals surface area contributed by atoms with E-state index in [1.165, 1.54) is 0 Å². The van der Waals surface area contributed by atoms with E-state index >= 15 is 0 Å². The average molecular weight is 382 g/mol. The van der Waals surface area contributed by atoms with Crippen molar-refractivity contribution >= 4 is 17.0 Å². The first kappa shape index (κ1) is 17.7. The highest BCUT2D eigenvalue weighted by atomic mass is 16.5. The molecule has 144 valence electrons. The standard InChI is InChI=1S/C25H22N2O2/c1-25(2,23-26-19-15-9-10-16-20(19)28-23)24-27-21(17-11-5-3-6-12-17)22(29-24)18-13-7-4-8-14-18/h3-16,21-22H,1-2H3/t21-,22+/m1/s1. The number of aliphatic imine (C=N–C) groups is 1. The van der Waals surface area contributed by atoms with Gasteiger partial charge in [-0.1, -0.05) is 72.8 Å². The van der Waals surface area contributed by atoms with Gasteiger partial charge >= 0.3 is 0 Å². The molecule has 3 aromatic carbocycles. The van der Waals surface area contributed by atoms with Crippen LogP contribution in [-0.2, 0) is 10.2 Å². The van der Waals surface area contributed by atoms with Gasteiger partial charge in [-0.2, -0.15) is 0 Å². The zero-order valence-corrected chi connectivity index (χ0v) is 16.4. The highest BCUT2D eigenvalue weighted by Gasteiger charge is 2.43. The zero-order valence-electron chi connectivity index (χ0n) is 16.4. The zero-order chi connectivity index (χ0) is 19.8. The van der Waals surface area contributed by atoms with Crippen molar-refractivity contribution in [3.05, 3.63) is 102 Å². The number of hydrogen-bond acceptors (Lipinski definition) is 4. The molecule has 1 aliphatic heterocycles. The third-order valence-electron chi connectivity index (χ3n) is 5.41. The number of aromatic nitrogens is 1. The third-order valence-corrected chi connectivity index (χ3v) is 5.41.